The van der Waals surface area contributed by atoms with Gasteiger partial charge in [-0.25, -0.2) is 4.79 Å². The van der Waals surface area contributed by atoms with Gasteiger partial charge in [-0.15, -0.1) is 0 Å². The molecule has 0 aromatic heterocycles. The van der Waals surface area contributed by atoms with E-state index in [1.807, 2.05) is 25.1 Å². The van der Waals surface area contributed by atoms with E-state index < -0.39 is 5.97 Å². The number of halogens is 2. The van der Waals surface area contributed by atoms with Gasteiger partial charge in [-0.2, -0.15) is 0 Å². The van der Waals surface area contributed by atoms with Gasteiger partial charge in [0.05, 0.1) is 21.1 Å². The Morgan fingerprint density at radius 3 is 2.29 bits per heavy atom. The molecule has 1 unspecified atom stereocenters. The molecule has 0 aliphatic carbocycles. The van der Waals surface area contributed by atoms with Crippen LogP contribution < -0.4 is 9.47 Å². The van der Waals surface area contributed by atoms with Gasteiger partial charge in [-0.05, 0) is 87.0 Å². The van der Waals surface area contributed by atoms with Crippen molar-refractivity contribution in [3.63, 3.8) is 0 Å². The van der Waals surface area contributed by atoms with Crippen molar-refractivity contribution in [2.75, 3.05) is 6.61 Å². The van der Waals surface area contributed by atoms with Crippen LogP contribution in [0.2, 0.25) is 0 Å². The van der Waals surface area contributed by atoms with E-state index in [1.165, 1.54) is 5.56 Å². The maximum atomic E-state index is 12.4. The number of rotatable bonds is 6. The standard InChI is InChI=1S/C19H20Br2O3/c1-4-12(3)13-6-9-18(16(21)10-13)24-19(22)14-7-8-17(23-5-2)15(20)11-14/h6-12H,4-5H2,1-3H3. The summed E-state index contributed by atoms with van der Waals surface area (Å²) in [4.78, 5) is 12.4. The summed E-state index contributed by atoms with van der Waals surface area (Å²) in [6.45, 7) is 6.80. The molecule has 0 fully saturated rings. The first kappa shape index (κ1) is 19.0. The van der Waals surface area contributed by atoms with E-state index in [0.29, 0.717) is 29.6 Å². The zero-order valence-corrected chi connectivity index (χ0v) is 17.1. The number of hydrogen-bond acceptors (Lipinski definition) is 3. The number of carbonyl (C=O) groups is 1. The highest BCUT2D eigenvalue weighted by molar-refractivity contribution is 9.10. The van der Waals surface area contributed by atoms with Crippen LogP contribution in [-0.2, 0) is 0 Å². The molecule has 0 aliphatic heterocycles. The SMILES string of the molecule is CCOc1ccc(C(=O)Oc2ccc(C(C)CC)cc2Br)cc1Br. The summed E-state index contributed by atoms with van der Waals surface area (Å²) in [6, 6.07) is 11.0. The molecule has 1 atom stereocenters. The smallest absolute Gasteiger partial charge is 0.343 e. The second kappa shape index (κ2) is 8.67. The first-order valence-electron chi connectivity index (χ1n) is 7.90. The summed E-state index contributed by atoms with van der Waals surface area (Å²) in [5.74, 6) is 1.27. The Morgan fingerprint density at radius 1 is 1.04 bits per heavy atom. The van der Waals surface area contributed by atoms with Crippen LogP contribution in [0.4, 0.5) is 0 Å². The number of hydrogen-bond donors (Lipinski definition) is 0. The summed E-state index contributed by atoms with van der Waals surface area (Å²) in [6.07, 6.45) is 1.06. The van der Waals surface area contributed by atoms with Crippen LogP contribution in [0.15, 0.2) is 45.3 Å². The van der Waals surface area contributed by atoms with Crippen molar-refractivity contribution in [3.05, 3.63) is 56.5 Å². The average Bonchev–Trinajstić information content (AvgIpc) is 2.57. The van der Waals surface area contributed by atoms with Gasteiger partial charge in [0.2, 0.25) is 0 Å². The zero-order chi connectivity index (χ0) is 17.7. The fourth-order valence-corrected chi connectivity index (χ4v) is 3.17. The molecule has 24 heavy (non-hydrogen) atoms. The van der Waals surface area contributed by atoms with Crippen LogP contribution in [0.1, 0.15) is 49.0 Å². The third kappa shape index (κ3) is 4.61. The highest BCUT2D eigenvalue weighted by Gasteiger charge is 2.14. The topological polar surface area (TPSA) is 35.5 Å². The molecule has 0 spiro atoms. The Hall–Kier alpha value is -1.33. The van der Waals surface area contributed by atoms with Crippen LogP contribution in [-0.4, -0.2) is 12.6 Å². The van der Waals surface area contributed by atoms with Crippen molar-refractivity contribution in [1.29, 1.82) is 0 Å². The lowest BCUT2D eigenvalue weighted by Gasteiger charge is -2.12. The monoisotopic (exact) mass is 454 g/mol. The molecular formula is C19H20Br2O3. The fourth-order valence-electron chi connectivity index (χ4n) is 2.20. The highest BCUT2D eigenvalue weighted by Crippen LogP contribution is 2.31. The molecule has 0 N–H and O–H groups in total. The van der Waals surface area contributed by atoms with Crippen molar-refractivity contribution in [3.8, 4) is 11.5 Å². The van der Waals surface area contributed by atoms with Gasteiger partial charge < -0.3 is 9.47 Å². The third-order valence-corrected chi connectivity index (χ3v) is 5.05. The predicted octanol–water partition coefficient (Wildman–Crippen LogP) is 6.34. The molecule has 0 radical (unpaired) electrons. The number of carbonyl (C=O) groups excluding carboxylic acids is 1. The highest BCUT2D eigenvalue weighted by atomic mass is 79.9. The van der Waals surface area contributed by atoms with Gasteiger partial charge >= 0.3 is 5.97 Å². The van der Waals surface area contributed by atoms with Crippen molar-refractivity contribution in [2.24, 2.45) is 0 Å². The molecule has 5 heteroatoms. The van der Waals surface area contributed by atoms with E-state index in [4.69, 9.17) is 9.47 Å². The molecule has 0 saturated heterocycles. The van der Waals surface area contributed by atoms with E-state index in [9.17, 15) is 4.79 Å². The Morgan fingerprint density at radius 2 is 1.71 bits per heavy atom. The molecule has 2 aromatic rings. The second-order valence-corrected chi connectivity index (χ2v) is 7.18. The molecule has 128 valence electrons. The van der Waals surface area contributed by atoms with Crippen molar-refractivity contribution < 1.29 is 14.3 Å². The predicted molar refractivity (Wildman–Crippen MR) is 103 cm³/mol. The second-order valence-electron chi connectivity index (χ2n) is 5.47. The molecule has 0 bridgehead atoms. The molecule has 0 heterocycles. The summed E-state index contributed by atoms with van der Waals surface area (Å²) in [7, 11) is 0. The molecule has 2 rings (SSSR count). The molecule has 0 aliphatic rings. The Labute approximate surface area is 159 Å². The third-order valence-electron chi connectivity index (χ3n) is 3.81. The molecule has 3 nitrogen and oxygen atoms in total. The largest absolute Gasteiger partial charge is 0.493 e. The van der Waals surface area contributed by atoms with E-state index in [-0.39, 0.29) is 0 Å². The normalized spacial score (nSPS) is 11.9. The maximum absolute atomic E-state index is 12.4. The van der Waals surface area contributed by atoms with E-state index in [1.54, 1.807) is 18.2 Å². The van der Waals surface area contributed by atoms with Gasteiger partial charge in [0.15, 0.2) is 0 Å². The minimum atomic E-state index is -0.407. The van der Waals surface area contributed by atoms with Crippen molar-refractivity contribution in [2.45, 2.75) is 33.1 Å². The van der Waals surface area contributed by atoms with Crippen LogP contribution in [0.25, 0.3) is 0 Å². The fraction of sp³-hybridized carbons (Fsp3) is 0.316. The summed E-state index contributed by atoms with van der Waals surface area (Å²) >= 11 is 6.89. The minimum absolute atomic E-state index is 0.407. The average molecular weight is 456 g/mol. The molecular weight excluding hydrogens is 436 g/mol. The molecule has 0 amide bonds. The van der Waals surface area contributed by atoms with Gasteiger partial charge in [0.25, 0.3) is 0 Å². The van der Waals surface area contributed by atoms with E-state index in [2.05, 4.69) is 45.7 Å². The lowest BCUT2D eigenvalue weighted by Crippen LogP contribution is -2.09. The van der Waals surface area contributed by atoms with Gasteiger partial charge in [0, 0.05) is 0 Å². The van der Waals surface area contributed by atoms with E-state index >= 15 is 0 Å². The zero-order valence-electron chi connectivity index (χ0n) is 13.9. The van der Waals surface area contributed by atoms with E-state index in [0.717, 1.165) is 15.4 Å². The van der Waals surface area contributed by atoms with Crippen molar-refractivity contribution >= 4 is 37.8 Å². The maximum Gasteiger partial charge on any atom is 0.343 e. The summed E-state index contributed by atoms with van der Waals surface area (Å²) < 4.78 is 12.5. The van der Waals surface area contributed by atoms with Crippen LogP contribution in [0.3, 0.4) is 0 Å². The Bertz CT molecular complexity index is 729. The van der Waals surface area contributed by atoms with Crippen molar-refractivity contribution in [1.82, 2.24) is 0 Å². The quantitative estimate of drug-likeness (QED) is 0.376. The number of ether oxygens (including phenoxy) is 2. The minimum Gasteiger partial charge on any atom is -0.493 e. The Kier molecular flexibility index (Phi) is 6.87. The van der Waals surface area contributed by atoms with Crippen LogP contribution in [0, 0.1) is 0 Å². The van der Waals surface area contributed by atoms with Gasteiger partial charge in [0.1, 0.15) is 11.5 Å². The number of esters is 1. The first-order valence-corrected chi connectivity index (χ1v) is 9.48. The first-order chi connectivity index (χ1) is 11.5. The van der Waals surface area contributed by atoms with Gasteiger partial charge in [-0.1, -0.05) is 19.9 Å². The van der Waals surface area contributed by atoms with Crippen LogP contribution in [0.5, 0.6) is 11.5 Å². The lowest BCUT2D eigenvalue weighted by molar-refractivity contribution is 0.0733. The molecule has 0 saturated carbocycles. The Balaban J connectivity index is 2.16. The summed E-state index contributed by atoms with van der Waals surface area (Å²) in [5.41, 5.74) is 1.68. The van der Waals surface area contributed by atoms with Gasteiger partial charge in [-0.3, -0.25) is 0 Å². The molecule has 2 aromatic carbocycles. The van der Waals surface area contributed by atoms with Crippen LogP contribution >= 0.6 is 31.9 Å². The lowest BCUT2D eigenvalue weighted by atomic mass is 9.99. The number of benzene rings is 2. The summed E-state index contributed by atoms with van der Waals surface area (Å²) in [5, 5.41) is 0.